The van der Waals surface area contributed by atoms with Crippen molar-refractivity contribution in [2.75, 3.05) is 11.1 Å². The second kappa shape index (κ2) is 5.14. The molecule has 1 amide bonds. The Hall–Kier alpha value is -2.46. The maximum atomic E-state index is 12.4. The van der Waals surface area contributed by atoms with E-state index in [-0.39, 0.29) is 5.91 Å². The van der Waals surface area contributed by atoms with E-state index in [0.29, 0.717) is 22.0 Å². The molecule has 0 atom stereocenters. The van der Waals surface area contributed by atoms with Gasteiger partial charge < -0.3 is 16.0 Å². The van der Waals surface area contributed by atoms with Crippen LogP contribution in [0.2, 0.25) is 5.02 Å². The lowest BCUT2D eigenvalue weighted by Gasteiger charge is -2.09. The van der Waals surface area contributed by atoms with Crippen LogP contribution in [0.25, 0.3) is 10.9 Å². The van der Waals surface area contributed by atoms with E-state index in [1.54, 1.807) is 30.5 Å². The van der Waals surface area contributed by atoms with E-state index in [1.807, 2.05) is 19.1 Å². The van der Waals surface area contributed by atoms with Crippen LogP contribution in [0.1, 0.15) is 15.9 Å². The first-order valence-corrected chi connectivity index (χ1v) is 6.87. The quantitative estimate of drug-likeness (QED) is 0.627. The van der Waals surface area contributed by atoms with Crippen molar-refractivity contribution in [3.05, 3.63) is 58.7 Å². The maximum Gasteiger partial charge on any atom is 0.257 e. The van der Waals surface area contributed by atoms with Gasteiger partial charge in [-0.3, -0.25) is 4.79 Å². The summed E-state index contributed by atoms with van der Waals surface area (Å²) in [4.78, 5) is 15.5. The number of fused-ring (bicyclic) bond motifs is 1. The molecule has 4 N–H and O–H groups in total. The molecule has 0 fully saturated rings. The number of hydrogen-bond acceptors (Lipinski definition) is 2. The number of nitrogens with two attached hydrogens (primary N) is 1. The number of nitrogens with one attached hydrogen (secondary N) is 2. The van der Waals surface area contributed by atoms with Crippen molar-refractivity contribution < 1.29 is 4.79 Å². The Labute approximate surface area is 126 Å². The minimum absolute atomic E-state index is 0.197. The van der Waals surface area contributed by atoms with Gasteiger partial charge in [0.05, 0.1) is 5.56 Å². The SMILES string of the molecule is Cc1c(Cl)cccc1NC(=O)c1c[nH]c2ccc(N)cc12. The number of aromatic amines is 1. The van der Waals surface area contributed by atoms with Crippen LogP contribution in [-0.4, -0.2) is 10.9 Å². The molecule has 0 aliphatic heterocycles. The van der Waals surface area contributed by atoms with Gasteiger partial charge in [0.25, 0.3) is 5.91 Å². The van der Waals surface area contributed by atoms with Gasteiger partial charge in [0, 0.05) is 33.5 Å². The Kier molecular flexibility index (Phi) is 3.31. The minimum atomic E-state index is -0.197. The highest BCUT2D eigenvalue weighted by atomic mass is 35.5. The molecule has 1 heterocycles. The first kappa shape index (κ1) is 13.5. The summed E-state index contributed by atoms with van der Waals surface area (Å²) in [5.41, 5.74) is 9.37. The summed E-state index contributed by atoms with van der Waals surface area (Å²) in [5.74, 6) is -0.197. The van der Waals surface area contributed by atoms with Crippen molar-refractivity contribution in [1.29, 1.82) is 0 Å². The molecule has 0 bridgehead atoms. The lowest BCUT2D eigenvalue weighted by atomic mass is 10.1. The number of nitrogen functional groups attached to an aromatic ring is 1. The standard InChI is InChI=1S/C16H14ClN3O/c1-9-13(17)3-2-4-14(9)20-16(21)12-8-19-15-6-5-10(18)7-11(12)15/h2-8,19H,18H2,1H3,(H,20,21). The summed E-state index contributed by atoms with van der Waals surface area (Å²) in [6, 6.07) is 10.8. The highest BCUT2D eigenvalue weighted by Crippen LogP contribution is 2.25. The minimum Gasteiger partial charge on any atom is -0.399 e. The molecule has 0 aliphatic carbocycles. The van der Waals surface area contributed by atoms with Crippen LogP contribution in [-0.2, 0) is 0 Å². The summed E-state index contributed by atoms with van der Waals surface area (Å²) in [7, 11) is 0. The predicted octanol–water partition coefficient (Wildman–Crippen LogP) is 3.96. The van der Waals surface area contributed by atoms with Crippen LogP contribution < -0.4 is 11.1 Å². The van der Waals surface area contributed by atoms with E-state index in [9.17, 15) is 4.79 Å². The monoisotopic (exact) mass is 299 g/mol. The zero-order chi connectivity index (χ0) is 15.0. The number of halogens is 1. The molecule has 0 aliphatic rings. The zero-order valence-electron chi connectivity index (χ0n) is 11.4. The largest absolute Gasteiger partial charge is 0.399 e. The molecule has 2 aromatic carbocycles. The van der Waals surface area contributed by atoms with Crippen molar-refractivity contribution in [3.63, 3.8) is 0 Å². The van der Waals surface area contributed by atoms with Gasteiger partial charge in [-0.05, 0) is 42.8 Å². The van der Waals surface area contributed by atoms with Gasteiger partial charge in [-0.25, -0.2) is 0 Å². The van der Waals surface area contributed by atoms with Crippen LogP contribution in [0.3, 0.4) is 0 Å². The van der Waals surface area contributed by atoms with Gasteiger partial charge in [-0.15, -0.1) is 0 Å². The van der Waals surface area contributed by atoms with Gasteiger partial charge in [-0.1, -0.05) is 17.7 Å². The fourth-order valence-corrected chi connectivity index (χ4v) is 2.43. The molecule has 4 nitrogen and oxygen atoms in total. The van der Waals surface area contributed by atoms with Crippen molar-refractivity contribution in [2.45, 2.75) is 6.92 Å². The summed E-state index contributed by atoms with van der Waals surface area (Å²) in [6.07, 6.45) is 1.68. The first-order valence-electron chi connectivity index (χ1n) is 6.49. The highest BCUT2D eigenvalue weighted by molar-refractivity contribution is 6.31. The molecule has 0 unspecified atom stereocenters. The van der Waals surface area contributed by atoms with Crippen LogP contribution in [0, 0.1) is 6.92 Å². The Morgan fingerprint density at radius 1 is 1.29 bits per heavy atom. The van der Waals surface area contributed by atoms with Crippen molar-refractivity contribution in [2.24, 2.45) is 0 Å². The smallest absolute Gasteiger partial charge is 0.257 e. The van der Waals surface area contributed by atoms with E-state index in [2.05, 4.69) is 10.3 Å². The normalized spacial score (nSPS) is 10.8. The van der Waals surface area contributed by atoms with Gasteiger partial charge >= 0.3 is 0 Å². The van der Waals surface area contributed by atoms with Crippen molar-refractivity contribution in [3.8, 4) is 0 Å². The van der Waals surface area contributed by atoms with E-state index in [0.717, 1.165) is 16.5 Å². The third-order valence-corrected chi connectivity index (χ3v) is 3.88. The number of rotatable bonds is 2. The fourth-order valence-electron chi connectivity index (χ4n) is 2.26. The van der Waals surface area contributed by atoms with E-state index >= 15 is 0 Å². The van der Waals surface area contributed by atoms with Crippen LogP contribution in [0.5, 0.6) is 0 Å². The number of hydrogen-bond donors (Lipinski definition) is 3. The Morgan fingerprint density at radius 3 is 2.90 bits per heavy atom. The number of benzene rings is 2. The lowest BCUT2D eigenvalue weighted by Crippen LogP contribution is -2.12. The maximum absolute atomic E-state index is 12.4. The molecule has 0 radical (unpaired) electrons. The third kappa shape index (κ3) is 2.45. The molecule has 21 heavy (non-hydrogen) atoms. The van der Waals surface area contributed by atoms with Gasteiger partial charge in [0.15, 0.2) is 0 Å². The summed E-state index contributed by atoms with van der Waals surface area (Å²) in [6.45, 7) is 1.87. The molecule has 0 saturated heterocycles. The number of anilines is 2. The molecule has 0 spiro atoms. The fraction of sp³-hybridized carbons (Fsp3) is 0.0625. The van der Waals surface area contributed by atoms with Crippen LogP contribution in [0.4, 0.5) is 11.4 Å². The van der Waals surface area contributed by atoms with E-state index in [1.165, 1.54) is 0 Å². The number of carbonyl (C=O) groups is 1. The third-order valence-electron chi connectivity index (χ3n) is 3.47. The molecule has 1 aromatic heterocycles. The molecule has 106 valence electrons. The van der Waals surface area contributed by atoms with Gasteiger partial charge in [0.1, 0.15) is 0 Å². The van der Waals surface area contributed by atoms with Crippen molar-refractivity contribution in [1.82, 2.24) is 4.98 Å². The summed E-state index contributed by atoms with van der Waals surface area (Å²) in [5, 5.41) is 4.30. The molecular weight excluding hydrogens is 286 g/mol. The van der Waals surface area contributed by atoms with E-state index in [4.69, 9.17) is 17.3 Å². The number of aromatic nitrogens is 1. The van der Waals surface area contributed by atoms with Crippen LogP contribution >= 0.6 is 11.6 Å². The Bertz CT molecular complexity index is 839. The number of H-pyrrole nitrogens is 1. The molecular formula is C16H14ClN3O. The Balaban J connectivity index is 1.97. The molecule has 5 heteroatoms. The molecule has 3 rings (SSSR count). The Morgan fingerprint density at radius 2 is 2.10 bits per heavy atom. The van der Waals surface area contributed by atoms with E-state index < -0.39 is 0 Å². The highest BCUT2D eigenvalue weighted by Gasteiger charge is 2.13. The second-order valence-corrected chi connectivity index (χ2v) is 5.28. The number of amides is 1. The predicted molar refractivity (Wildman–Crippen MR) is 86.9 cm³/mol. The van der Waals surface area contributed by atoms with Crippen LogP contribution in [0.15, 0.2) is 42.6 Å². The van der Waals surface area contributed by atoms with Crippen molar-refractivity contribution >= 4 is 39.8 Å². The lowest BCUT2D eigenvalue weighted by molar-refractivity contribution is 0.102. The summed E-state index contributed by atoms with van der Waals surface area (Å²) >= 11 is 6.06. The number of carbonyl (C=O) groups excluding carboxylic acids is 1. The van der Waals surface area contributed by atoms with Gasteiger partial charge in [0.2, 0.25) is 0 Å². The average Bonchev–Trinajstić information content (AvgIpc) is 2.87. The second-order valence-electron chi connectivity index (χ2n) is 4.87. The first-order chi connectivity index (χ1) is 10.1. The zero-order valence-corrected chi connectivity index (χ0v) is 12.2. The average molecular weight is 300 g/mol. The summed E-state index contributed by atoms with van der Waals surface area (Å²) < 4.78 is 0. The molecule has 3 aromatic rings. The van der Waals surface area contributed by atoms with Gasteiger partial charge in [-0.2, -0.15) is 0 Å². The topological polar surface area (TPSA) is 70.9 Å². The molecule has 0 saturated carbocycles.